The van der Waals surface area contributed by atoms with Crippen LogP contribution >= 0.6 is 0 Å². The van der Waals surface area contributed by atoms with Gasteiger partial charge in [-0.05, 0) is 55.9 Å². The van der Waals surface area contributed by atoms with Gasteiger partial charge in [0.25, 0.3) is 0 Å². The summed E-state index contributed by atoms with van der Waals surface area (Å²) >= 11 is 0. The second-order valence-corrected chi connectivity index (χ2v) is 7.38. The third kappa shape index (κ3) is 6.95. The van der Waals surface area contributed by atoms with Gasteiger partial charge in [-0.1, -0.05) is 27.7 Å². The molecule has 1 rings (SSSR count). The van der Waals surface area contributed by atoms with Crippen LogP contribution in [0, 0.1) is 17.3 Å². The van der Waals surface area contributed by atoms with Gasteiger partial charge in [0.2, 0.25) is 0 Å². The molecule has 0 aromatic heterocycles. The molecule has 2 N–H and O–H groups in total. The van der Waals surface area contributed by atoms with Crippen LogP contribution in [0.5, 0.6) is 0 Å². The van der Waals surface area contributed by atoms with E-state index in [1.165, 1.54) is 19.3 Å². The van der Waals surface area contributed by atoms with Gasteiger partial charge in [0.1, 0.15) is 0 Å². The summed E-state index contributed by atoms with van der Waals surface area (Å²) in [5.41, 5.74) is 0.122. The standard InChI is InChI=1S/C16H31NO2/c1-12-9-13(2)11-14(10-12)17-8-7-16(3,4)6-5-15(18)19/h12-14,17H,5-11H2,1-4H3,(H,18,19). The van der Waals surface area contributed by atoms with Gasteiger partial charge in [-0.3, -0.25) is 4.79 Å². The van der Waals surface area contributed by atoms with E-state index in [4.69, 9.17) is 5.11 Å². The lowest BCUT2D eigenvalue weighted by atomic mass is 9.80. The van der Waals surface area contributed by atoms with Crippen molar-refractivity contribution in [2.45, 2.75) is 72.3 Å². The van der Waals surface area contributed by atoms with Crippen LogP contribution in [0.15, 0.2) is 0 Å². The predicted octanol–water partition coefficient (Wildman–Crippen LogP) is 3.68. The van der Waals surface area contributed by atoms with E-state index in [0.717, 1.165) is 31.2 Å². The van der Waals surface area contributed by atoms with Gasteiger partial charge in [0.05, 0.1) is 0 Å². The molecule has 0 saturated heterocycles. The highest BCUT2D eigenvalue weighted by Gasteiger charge is 2.24. The fourth-order valence-electron chi connectivity index (χ4n) is 3.30. The van der Waals surface area contributed by atoms with Crippen LogP contribution in [0.1, 0.15) is 66.2 Å². The predicted molar refractivity (Wildman–Crippen MR) is 79.2 cm³/mol. The average molecular weight is 269 g/mol. The third-order valence-corrected chi connectivity index (χ3v) is 4.43. The third-order valence-electron chi connectivity index (χ3n) is 4.43. The average Bonchev–Trinajstić information content (AvgIpc) is 2.25. The SMILES string of the molecule is CC1CC(C)CC(NCCC(C)(C)CCC(=O)O)C1. The fourth-order valence-corrected chi connectivity index (χ4v) is 3.30. The Labute approximate surface area is 118 Å². The van der Waals surface area contributed by atoms with Crippen LogP contribution in [0.2, 0.25) is 0 Å². The molecule has 0 amide bonds. The Morgan fingerprint density at radius 1 is 1.16 bits per heavy atom. The molecule has 0 heterocycles. The topological polar surface area (TPSA) is 49.3 Å². The van der Waals surface area contributed by atoms with E-state index in [0.29, 0.717) is 6.04 Å². The first-order chi connectivity index (χ1) is 8.78. The van der Waals surface area contributed by atoms with Gasteiger partial charge in [0.15, 0.2) is 0 Å². The van der Waals surface area contributed by atoms with Crippen molar-refractivity contribution in [2.24, 2.45) is 17.3 Å². The largest absolute Gasteiger partial charge is 0.481 e. The fraction of sp³-hybridized carbons (Fsp3) is 0.938. The molecule has 0 aromatic carbocycles. The minimum absolute atomic E-state index is 0.122. The number of nitrogens with one attached hydrogen (secondary N) is 1. The molecule has 0 aromatic rings. The molecule has 1 fully saturated rings. The highest BCUT2D eigenvalue weighted by molar-refractivity contribution is 5.66. The second kappa shape index (κ2) is 7.28. The number of hydrogen-bond donors (Lipinski definition) is 2. The van der Waals surface area contributed by atoms with Crippen molar-refractivity contribution in [2.75, 3.05) is 6.54 Å². The van der Waals surface area contributed by atoms with E-state index in [1.54, 1.807) is 0 Å². The molecule has 3 heteroatoms. The zero-order chi connectivity index (χ0) is 14.5. The Bertz CT molecular complexity index is 278. The molecule has 1 aliphatic rings. The number of aliphatic carboxylic acids is 1. The van der Waals surface area contributed by atoms with Crippen LogP contribution in [0.4, 0.5) is 0 Å². The van der Waals surface area contributed by atoms with Crippen molar-refractivity contribution in [3.05, 3.63) is 0 Å². The Balaban J connectivity index is 2.23. The molecule has 1 aliphatic carbocycles. The molecule has 2 unspecified atom stereocenters. The first kappa shape index (κ1) is 16.5. The highest BCUT2D eigenvalue weighted by Crippen LogP contribution is 2.29. The maximum Gasteiger partial charge on any atom is 0.303 e. The summed E-state index contributed by atoms with van der Waals surface area (Å²) in [6.07, 6.45) is 6.05. The Morgan fingerprint density at radius 2 is 1.74 bits per heavy atom. The van der Waals surface area contributed by atoms with Gasteiger partial charge >= 0.3 is 5.97 Å². The van der Waals surface area contributed by atoms with Crippen molar-refractivity contribution in [3.8, 4) is 0 Å². The molecule has 1 saturated carbocycles. The van der Waals surface area contributed by atoms with Gasteiger partial charge in [-0.2, -0.15) is 0 Å². The molecule has 2 atom stereocenters. The molecular weight excluding hydrogens is 238 g/mol. The molecule has 19 heavy (non-hydrogen) atoms. The maximum atomic E-state index is 10.6. The number of hydrogen-bond acceptors (Lipinski definition) is 2. The molecule has 0 bridgehead atoms. The van der Waals surface area contributed by atoms with E-state index in [-0.39, 0.29) is 11.8 Å². The van der Waals surface area contributed by atoms with Crippen molar-refractivity contribution in [3.63, 3.8) is 0 Å². The zero-order valence-electron chi connectivity index (χ0n) is 13.0. The van der Waals surface area contributed by atoms with Crippen molar-refractivity contribution in [1.82, 2.24) is 5.32 Å². The zero-order valence-corrected chi connectivity index (χ0v) is 13.0. The lowest BCUT2D eigenvalue weighted by Crippen LogP contribution is -2.38. The summed E-state index contributed by atoms with van der Waals surface area (Å²) in [6, 6.07) is 0.661. The first-order valence-electron chi connectivity index (χ1n) is 7.73. The molecule has 0 spiro atoms. The number of rotatable bonds is 7. The molecule has 3 nitrogen and oxygen atoms in total. The number of carbonyl (C=O) groups is 1. The van der Waals surface area contributed by atoms with Crippen molar-refractivity contribution >= 4 is 5.97 Å². The lowest BCUT2D eigenvalue weighted by Gasteiger charge is -2.33. The van der Waals surface area contributed by atoms with Crippen molar-refractivity contribution in [1.29, 1.82) is 0 Å². The van der Waals surface area contributed by atoms with Crippen LogP contribution < -0.4 is 5.32 Å². The Kier molecular flexibility index (Phi) is 6.31. The highest BCUT2D eigenvalue weighted by atomic mass is 16.4. The summed E-state index contributed by atoms with van der Waals surface area (Å²) in [5, 5.41) is 12.4. The molecule has 112 valence electrons. The van der Waals surface area contributed by atoms with Gasteiger partial charge in [0, 0.05) is 12.5 Å². The summed E-state index contributed by atoms with van der Waals surface area (Å²) in [5.74, 6) is 0.985. The summed E-state index contributed by atoms with van der Waals surface area (Å²) in [7, 11) is 0. The van der Waals surface area contributed by atoms with E-state index < -0.39 is 5.97 Å². The van der Waals surface area contributed by atoms with Crippen LogP contribution in [0.3, 0.4) is 0 Å². The summed E-state index contributed by atoms with van der Waals surface area (Å²) in [4.78, 5) is 10.6. The van der Waals surface area contributed by atoms with E-state index in [9.17, 15) is 4.79 Å². The Hall–Kier alpha value is -0.570. The van der Waals surface area contributed by atoms with Crippen LogP contribution in [0.25, 0.3) is 0 Å². The van der Waals surface area contributed by atoms with Gasteiger partial charge in [-0.25, -0.2) is 0 Å². The minimum atomic E-state index is -0.684. The first-order valence-corrected chi connectivity index (χ1v) is 7.73. The lowest BCUT2D eigenvalue weighted by molar-refractivity contribution is -0.137. The minimum Gasteiger partial charge on any atom is -0.481 e. The number of carboxylic acids is 1. The second-order valence-electron chi connectivity index (χ2n) is 7.38. The van der Waals surface area contributed by atoms with Gasteiger partial charge < -0.3 is 10.4 Å². The quantitative estimate of drug-likeness (QED) is 0.741. The van der Waals surface area contributed by atoms with E-state index in [1.807, 2.05) is 0 Å². The summed E-state index contributed by atoms with van der Waals surface area (Å²) < 4.78 is 0. The van der Waals surface area contributed by atoms with E-state index in [2.05, 4.69) is 33.0 Å². The van der Waals surface area contributed by atoms with Gasteiger partial charge in [-0.15, -0.1) is 0 Å². The Morgan fingerprint density at radius 3 is 2.26 bits per heavy atom. The maximum absolute atomic E-state index is 10.6. The van der Waals surface area contributed by atoms with Crippen molar-refractivity contribution < 1.29 is 9.90 Å². The van der Waals surface area contributed by atoms with E-state index >= 15 is 0 Å². The molecule has 0 aliphatic heterocycles. The molecular formula is C16H31NO2. The monoisotopic (exact) mass is 269 g/mol. The molecule has 0 radical (unpaired) electrons. The summed E-state index contributed by atoms with van der Waals surface area (Å²) in [6.45, 7) is 10.0. The van der Waals surface area contributed by atoms with Crippen LogP contribution in [-0.4, -0.2) is 23.7 Å². The smallest absolute Gasteiger partial charge is 0.303 e. The van der Waals surface area contributed by atoms with Crippen LogP contribution in [-0.2, 0) is 4.79 Å². The normalized spacial score (nSPS) is 28.3. The number of carboxylic acid groups (broad SMARTS) is 1.